The molecule has 1 aromatic heterocycles. The summed E-state index contributed by atoms with van der Waals surface area (Å²) in [6.07, 6.45) is 0. The zero-order chi connectivity index (χ0) is 18.2. The third-order valence-electron chi connectivity index (χ3n) is 3.80. The molecule has 0 amide bonds. The molecule has 0 bridgehead atoms. The Morgan fingerprint density at radius 2 is 1.60 bits per heavy atom. The van der Waals surface area contributed by atoms with E-state index in [0.29, 0.717) is 11.4 Å². The summed E-state index contributed by atoms with van der Waals surface area (Å²) in [5, 5.41) is 16.6. The van der Waals surface area contributed by atoms with Crippen molar-refractivity contribution >= 4 is 15.8 Å². The van der Waals surface area contributed by atoms with Gasteiger partial charge in [-0.05, 0) is 50.2 Å². The van der Waals surface area contributed by atoms with Crippen molar-refractivity contribution in [1.29, 1.82) is 0 Å². The van der Waals surface area contributed by atoms with Crippen LogP contribution in [0.3, 0.4) is 0 Å². The quantitative estimate of drug-likeness (QED) is 0.769. The topological polar surface area (TPSA) is 102 Å². The largest absolute Gasteiger partial charge is 0.478 e. The fourth-order valence-corrected chi connectivity index (χ4v) is 3.72. The fourth-order valence-electron chi connectivity index (χ4n) is 2.38. The molecule has 25 heavy (non-hydrogen) atoms. The number of hydrogen-bond acceptors (Lipinski definition) is 5. The highest BCUT2D eigenvalue weighted by atomic mass is 32.2. The first kappa shape index (κ1) is 16.8. The molecular formula is C17H15N3O4S. The molecule has 0 spiro atoms. The zero-order valence-electron chi connectivity index (χ0n) is 13.5. The molecule has 0 aliphatic carbocycles. The maximum Gasteiger partial charge on any atom is 0.335 e. The third kappa shape index (κ3) is 3.03. The second kappa shape index (κ2) is 6.14. The van der Waals surface area contributed by atoms with Gasteiger partial charge in [-0.1, -0.05) is 22.9 Å². The number of aromatic carboxylic acids is 1. The molecule has 128 valence electrons. The smallest absolute Gasteiger partial charge is 0.335 e. The van der Waals surface area contributed by atoms with Gasteiger partial charge < -0.3 is 5.11 Å². The monoisotopic (exact) mass is 357 g/mol. The Kier molecular flexibility index (Phi) is 4.13. The van der Waals surface area contributed by atoms with Crippen LogP contribution in [0.5, 0.6) is 0 Å². The van der Waals surface area contributed by atoms with Crippen LogP contribution in [0.25, 0.3) is 5.69 Å². The van der Waals surface area contributed by atoms with E-state index < -0.39 is 15.8 Å². The molecule has 3 rings (SSSR count). The van der Waals surface area contributed by atoms with Gasteiger partial charge >= 0.3 is 5.97 Å². The van der Waals surface area contributed by atoms with E-state index in [9.17, 15) is 13.2 Å². The summed E-state index contributed by atoms with van der Waals surface area (Å²) in [4.78, 5) is 11.1. The normalized spacial score (nSPS) is 11.4. The minimum absolute atomic E-state index is 0.126. The standard InChI is InChI=1S/C17H15N3O4S/c1-11-3-9-15(10-4-11)25(23,24)16-12(2)20(19-18-16)14-7-5-13(6-8-14)17(21)22/h3-10H,1-2H3,(H,21,22). The Hall–Kier alpha value is -3.00. The lowest BCUT2D eigenvalue weighted by molar-refractivity contribution is 0.0697. The van der Waals surface area contributed by atoms with Gasteiger partial charge in [0.25, 0.3) is 0 Å². The maximum absolute atomic E-state index is 12.8. The molecule has 8 heteroatoms. The van der Waals surface area contributed by atoms with Crippen LogP contribution in [0.1, 0.15) is 21.6 Å². The molecule has 0 saturated heterocycles. The molecule has 0 fully saturated rings. The summed E-state index contributed by atoms with van der Waals surface area (Å²) in [5.74, 6) is -1.04. The van der Waals surface area contributed by atoms with Crippen molar-refractivity contribution in [3.63, 3.8) is 0 Å². The van der Waals surface area contributed by atoms with Crippen LogP contribution < -0.4 is 0 Å². The number of aromatic nitrogens is 3. The number of rotatable bonds is 4. The van der Waals surface area contributed by atoms with E-state index in [1.54, 1.807) is 31.2 Å². The summed E-state index contributed by atoms with van der Waals surface area (Å²) in [5.41, 5.74) is 1.97. The first-order chi connectivity index (χ1) is 11.8. The minimum atomic E-state index is -3.78. The van der Waals surface area contributed by atoms with Crippen LogP contribution in [-0.4, -0.2) is 34.5 Å². The summed E-state index contributed by atoms with van der Waals surface area (Å²) >= 11 is 0. The predicted octanol–water partition coefficient (Wildman–Crippen LogP) is 2.42. The molecule has 7 nitrogen and oxygen atoms in total. The van der Waals surface area contributed by atoms with Gasteiger partial charge in [-0.2, -0.15) is 0 Å². The second-order valence-electron chi connectivity index (χ2n) is 5.56. The van der Waals surface area contributed by atoms with Gasteiger partial charge in [0, 0.05) is 0 Å². The van der Waals surface area contributed by atoms with Crippen molar-refractivity contribution in [1.82, 2.24) is 15.0 Å². The number of hydrogen-bond donors (Lipinski definition) is 1. The number of sulfone groups is 1. The lowest BCUT2D eigenvalue weighted by Gasteiger charge is -2.05. The molecule has 0 radical (unpaired) electrons. The number of aryl methyl sites for hydroxylation is 1. The molecular weight excluding hydrogens is 342 g/mol. The van der Waals surface area contributed by atoms with Crippen molar-refractivity contribution < 1.29 is 18.3 Å². The van der Waals surface area contributed by atoms with E-state index in [-0.39, 0.29) is 15.5 Å². The number of carboxylic acids is 1. The fraction of sp³-hybridized carbons (Fsp3) is 0.118. The number of carbonyl (C=O) groups is 1. The molecule has 0 saturated carbocycles. The van der Waals surface area contributed by atoms with Crippen LogP contribution in [0.2, 0.25) is 0 Å². The average Bonchev–Trinajstić information content (AvgIpc) is 2.97. The Morgan fingerprint density at radius 3 is 2.16 bits per heavy atom. The highest BCUT2D eigenvalue weighted by molar-refractivity contribution is 7.91. The van der Waals surface area contributed by atoms with E-state index in [1.165, 1.54) is 28.9 Å². The highest BCUT2D eigenvalue weighted by Crippen LogP contribution is 2.23. The van der Waals surface area contributed by atoms with Crippen molar-refractivity contribution in [2.45, 2.75) is 23.8 Å². The van der Waals surface area contributed by atoms with Gasteiger partial charge in [-0.3, -0.25) is 0 Å². The van der Waals surface area contributed by atoms with Crippen molar-refractivity contribution in [3.05, 3.63) is 65.4 Å². The van der Waals surface area contributed by atoms with Gasteiger partial charge in [0.2, 0.25) is 14.9 Å². The Morgan fingerprint density at radius 1 is 1.00 bits per heavy atom. The van der Waals surface area contributed by atoms with Gasteiger partial charge in [0.05, 0.1) is 21.8 Å². The van der Waals surface area contributed by atoms with E-state index in [1.807, 2.05) is 6.92 Å². The molecule has 1 N–H and O–H groups in total. The van der Waals surface area contributed by atoms with E-state index >= 15 is 0 Å². The molecule has 0 atom stereocenters. The first-order valence-electron chi connectivity index (χ1n) is 7.38. The molecule has 1 heterocycles. The number of carboxylic acid groups (broad SMARTS) is 1. The second-order valence-corrected chi connectivity index (χ2v) is 7.43. The predicted molar refractivity (Wildman–Crippen MR) is 89.7 cm³/mol. The maximum atomic E-state index is 12.8. The zero-order valence-corrected chi connectivity index (χ0v) is 14.4. The third-order valence-corrected chi connectivity index (χ3v) is 5.58. The molecule has 0 aliphatic rings. The van der Waals surface area contributed by atoms with Crippen LogP contribution >= 0.6 is 0 Å². The van der Waals surface area contributed by atoms with Gasteiger partial charge in [0.1, 0.15) is 0 Å². The van der Waals surface area contributed by atoms with Crippen molar-refractivity contribution in [2.24, 2.45) is 0 Å². The summed E-state index contributed by atoms with van der Waals surface area (Å²) in [7, 11) is -3.78. The summed E-state index contributed by atoms with van der Waals surface area (Å²) in [6, 6.07) is 12.4. The van der Waals surface area contributed by atoms with E-state index in [2.05, 4.69) is 10.3 Å². The van der Waals surface area contributed by atoms with Gasteiger partial charge in [-0.25, -0.2) is 17.9 Å². The lowest BCUT2D eigenvalue weighted by atomic mass is 10.2. The van der Waals surface area contributed by atoms with Crippen molar-refractivity contribution in [3.8, 4) is 5.69 Å². The van der Waals surface area contributed by atoms with E-state index in [4.69, 9.17) is 5.11 Å². The Labute approximate surface area is 144 Å². The van der Waals surface area contributed by atoms with Crippen LogP contribution in [0.4, 0.5) is 0 Å². The number of nitrogens with zero attached hydrogens (tertiary/aromatic N) is 3. The summed E-state index contributed by atoms with van der Waals surface area (Å²) in [6.45, 7) is 3.48. The lowest BCUT2D eigenvalue weighted by Crippen LogP contribution is -2.06. The van der Waals surface area contributed by atoms with Crippen LogP contribution in [0, 0.1) is 13.8 Å². The molecule has 0 aliphatic heterocycles. The van der Waals surface area contributed by atoms with Crippen LogP contribution in [0.15, 0.2) is 58.5 Å². The molecule has 0 unspecified atom stereocenters. The SMILES string of the molecule is Cc1ccc(S(=O)(=O)c2nnn(-c3ccc(C(=O)O)cc3)c2C)cc1. The average molecular weight is 357 g/mol. The highest BCUT2D eigenvalue weighted by Gasteiger charge is 2.25. The van der Waals surface area contributed by atoms with Crippen LogP contribution in [-0.2, 0) is 9.84 Å². The number of benzene rings is 2. The van der Waals surface area contributed by atoms with Gasteiger partial charge in [-0.15, -0.1) is 5.10 Å². The Balaban J connectivity index is 2.03. The first-order valence-corrected chi connectivity index (χ1v) is 8.87. The molecule has 3 aromatic rings. The molecule has 2 aromatic carbocycles. The van der Waals surface area contributed by atoms with Crippen molar-refractivity contribution in [2.75, 3.05) is 0 Å². The minimum Gasteiger partial charge on any atom is -0.478 e. The van der Waals surface area contributed by atoms with Gasteiger partial charge in [0.15, 0.2) is 0 Å². The van der Waals surface area contributed by atoms with E-state index in [0.717, 1.165) is 5.56 Å². The summed E-state index contributed by atoms with van der Waals surface area (Å²) < 4.78 is 26.9. The Bertz CT molecular complexity index is 1040.